The quantitative estimate of drug-likeness (QED) is 0.789. The summed E-state index contributed by atoms with van der Waals surface area (Å²) in [6, 6.07) is 0. The van der Waals surface area contributed by atoms with E-state index >= 15 is 0 Å². The maximum atomic E-state index is 5.63. The van der Waals surface area contributed by atoms with Crippen LogP contribution in [0, 0.1) is 0 Å². The predicted molar refractivity (Wildman–Crippen MR) is 51.8 cm³/mol. The lowest BCUT2D eigenvalue weighted by atomic mass is 10.0. The van der Waals surface area contributed by atoms with Gasteiger partial charge in [0.15, 0.2) is 0 Å². The van der Waals surface area contributed by atoms with Crippen molar-refractivity contribution >= 4 is 0 Å². The molecule has 0 aliphatic carbocycles. The van der Waals surface area contributed by atoms with Crippen molar-refractivity contribution in [3.63, 3.8) is 0 Å². The first-order chi connectivity index (χ1) is 6.74. The number of hydrogen-bond donors (Lipinski definition) is 1. The molecule has 1 aliphatic heterocycles. The molecule has 0 radical (unpaired) electrons. The summed E-state index contributed by atoms with van der Waals surface area (Å²) in [7, 11) is 0. The maximum Gasteiger partial charge on any atom is 0.226 e. The third kappa shape index (κ3) is 1.67. The minimum absolute atomic E-state index is 0.313. The Morgan fingerprint density at radius 2 is 2.50 bits per heavy atom. The van der Waals surface area contributed by atoms with Crippen molar-refractivity contribution < 1.29 is 9.15 Å². The average Bonchev–Trinajstić information content (AvgIpc) is 2.75. The maximum absolute atomic E-state index is 5.63. The van der Waals surface area contributed by atoms with Crippen molar-refractivity contribution in [3.8, 4) is 0 Å². The van der Waals surface area contributed by atoms with E-state index in [1.165, 1.54) is 0 Å². The summed E-state index contributed by atoms with van der Waals surface area (Å²) in [4.78, 5) is 4.24. The molecule has 1 aromatic rings. The van der Waals surface area contributed by atoms with E-state index in [4.69, 9.17) is 14.9 Å². The molecular formula is C10H16N2O2. The van der Waals surface area contributed by atoms with Gasteiger partial charge in [0.05, 0.1) is 6.20 Å². The van der Waals surface area contributed by atoms with Crippen LogP contribution in [0.3, 0.4) is 0 Å². The highest BCUT2D eigenvalue weighted by Gasteiger charge is 2.36. The van der Waals surface area contributed by atoms with Crippen LogP contribution in [-0.2, 0) is 16.8 Å². The second-order valence-electron chi connectivity index (χ2n) is 3.85. The van der Waals surface area contributed by atoms with Gasteiger partial charge >= 0.3 is 0 Å². The summed E-state index contributed by atoms with van der Waals surface area (Å²) in [5.41, 5.74) is 5.12. The molecule has 2 N–H and O–H groups in total. The molecule has 1 aliphatic rings. The van der Waals surface area contributed by atoms with Crippen molar-refractivity contribution in [2.45, 2.75) is 31.8 Å². The van der Waals surface area contributed by atoms with Gasteiger partial charge < -0.3 is 14.9 Å². The smallest absolute Gasteiger partial charge is 0.226 e. The molecule has 4 nitrogen and oxygen atoms in total. The van der Waals surface area contributed by atoms with Crippen LogP contribution >= 0.6 is 0 Å². The molecule has 0 aromatic carbocycles. The van der Waals surface area contributed by atoms with Crippen LogP contribution in [0.15, 0.2) is 10.6 Å². The number of hydrogen-bond acceptors (Lipinski definition) is 4. The lowest BCUT2D eigenvalue weighted by Crippen LogP contribution is -2.20. The van der Waals surface area contributed by atoms with Crippen LogP contribution in [0.5, 0.6) is 0 Å². The van der Waals surface area contributed by atoms with Crippen LogP contribution in [0.2, 0.25) is 0 Å². The molecule has 0 amide bonds. The van der Waals surface area contributed by atoms with Crippen LogP contribution in [0.25, 0.3) is 0 Å². The van der Waals surface area contributed by atoms with Crippen LogP contribution in [0.4, 0.5) is 0 Å². The molecule has 1 fully saturated rings. The third-order valence-electron chi connectivity index (χ3n) is 2.62. The molecule has 0 saturated carbocycles. The molecule has 1 saturated heterocycles. The Morgan fingerprint density at radius 1 is 1.64 bits per heavy atom. The van der Waals surface area contributed by atoms with Gasteiger partial charge in [0.1, 0.15) is 11.4 Å². The van der Waals surface area contributed by atoms with E-state index in [0.717, 1.165) is 31.6 Å². The van der Waals surface area contributed by atoms with E-state index in [-0.39, 0.29) is 5.60 Å². The second-order valence-corrected chi connectivity index (χ2v) is 3.85. The average molecular weight is 196 g/mol. The number of oxazole rings is 1. The van der Waals surface area contributed by atoms with Gasteiger partial charge in [-0.2, -0.15) is 0 Å². The molecule has 0 bridgehead atoms. The Hall–Kier alpha value is -0.870. The standard InChI is InChI=1S/C10H16N2O2/c1-10(4-2-6-13-10)9-12-7-8(14-9)3-5-11/h7H,2-6,11H2,1H3. The van der Waals surface area contributed by atoms with E-state index in [0.29, 0.717) is 12.4 Å². The molecule has 0 spiro atoms. The van der Waals surface area contributed by atoms with E-state index in [9.17, 15) is 0 Å². The van der Waals surface area contributed by atoms with Gasteiger partial charge in [-0.1, -0.05) is 0 Å². The lowest BCUT2D eigenvalue weighted by molar-refractivity contribution is -0.00602. The molecule has 2 heterocycles. The van der Waals surface area contributed by atoms with Crippen molar-refractivity contribution in [1.29, 1.82) is 0 Å². The molecule has 1 unspecified atom stereocenters. The normalized spacial score (nSPS) is 27.0. The second kappa shape index (κ2) is 3.71. The topological polar surface area (TPSA) is 61.3 Å². The molecule has 14 heavy (non-hydrogen) atoms. The van der Waals surface area contributed by atoms with Gasteiger partial charge in [-0.15, -0.1) is 0 Å². The third-order valence-corrected chi connectivity index (χ3v) is 2.62. The Kier molecular flexibility index (Phi) is 2.56. The predicted octanol–water partition coefficient (Wildman–Crippen LogP) is 1.20. The van der Waals surface area contributed by atoms with Crippen LogP contribution in [-0.4, -0.2) is 18.1 Å². The SMILES string of the molecule is CC1(c2ncc(CCN)o2)CCCO1. The Labute approximate surface area is 83.4 Å². The van der Waals surface area contributed by atoms with Crippen LogP contribution < -0.4 is 5.73 Å². The highest BCUT2D eigenvalue weighted by molar-refractivity contribution is 5.03. The fourth-order valence-corrected chi connectivity index (χ4v) is 1.76. The zero-order chi connectivity index (χ0) is 10.0. The Balaban J connectivity index is 2.15. The molecule has 4 heteroatoms. The molecule has 2 rings (SSSR count). The van der Waals surface area contributed by atoms with Crippen molar-refractivity contribution in [3.05, 3.63) is 17.8 Å². The van der Waals surface area contributed by atoms with Gasteiger partial charge in [0.25, 0.3) is 0 Å². The largest absolute Gasteiger partial charge is 0.443 e. The Morgan fingerprint density at radius 3 is 3.14 bits per heavy atom. The fourth-order valence-electron chi connectivity index (χ4n) is 1.76. The highest BCUT2D eigenvalue weighted by Crippen LogP contribution is 2.34. The minimum atomic E-state index is -0.313. The highest BCUT2D eigenvalue weighted by atomic mass is 16.5. The minimum Gasteiger partial charge on any atom is -0.443 e. The van der Waals surface area contributed by atoms with E-state index < -0.39 is 0 Å². The zero-order valence-corrected chi connectivity index (χ0v) is 8.45. The summed E-state index contributed by atoms with van der Waals surface area (Å²) in [6.07, 6.45) is 4.54. The van der Waals surface area contributed by atoms with Crippen molar-refractivity contribution in [2.75, 3.05) is 13.2 Å². The van der Waals surface area contributed by atoms with Crippen molar-refractivity contribution in [1.82, 2.24) is 4.98 Å². The number of nitrogens with two attached hydrogens (primary N) is 1. The lowest BCUT2D eigenvalue weighted by Gasteiger charge is -2.18. The first kappa shape index (κ1) is 9.68. The van der Waals surface area contributed by atoms with Crippen molar-refractivity contribution in [2.24, 2.45) is 5.73 Å². The molecule has 1 atom stereocenters. The number of ether oxygens (including phenoxy) is 1. The summed E-state index contributed by atoms with van der Waals surface area (Å²) in [5, 5.41) is 0. The Bertz CT molecular complexity index is 303. The van der Waals surface area contributed by atoms with Gasteiger partial charge in [0.2, 0.25) is 5.89 Å². The number of aromatic nitrogens is 1. The molecule has 78 valence electrons. The summed E-state index contributed by atoms with van der Waals surface area (Å²) in [6.45, 7) is 3.41. The molecule has 1 aromatic heterocycles. The summed E-state index contributed by atoms with van der Waals surface area (Å²) >= 11 is 0. The van der Waals surface area contributed by atoms with E-state index in [1.54, 1.807) is 6.20 Å². The van der Waals surface area contributed by atoms with Crippen LogP contribution in [0.1, 0.15) is 31.4 Å². The summed E-state index contributed by atoms with van der Waals surface area (Å²) in [5.74, 6) is 1.54. The van der Waals surface area contributed by atoms with E-state index in [1.807, 2.05) is 6.92 Å². The van der Waals surface area contributed by atoms with E-state index in [2.05, 4.69) is 4.98 Å². The summed E-state index contributed by atoms with van der Waals surface area (Å²) < 4.78 is 11.2. The van der Waals surface area contributed by atoms with Gasteiger partial charge in [0, 0.05) is 13.0 Å². The number of rotatable bonds is 3. The first-order valence-corrected chi connectivity index (χ1v) is 5.04. The van der Waals surface area contributed by atoms with Gasteiger partial charge in [-0.3, -0.25) is 0 Å². The fraction of sp³-hybridized carbons (Fsp3) is 0.700. The monoisotopic (exact) mass is 196 g/mol. The zero-order valence-electron chi connectivity index (χ0n) is 8.45. The van der Waals surface area contributed by atoms with Gasteiger partial charge in [-0.25, -0.2) is 4.98 Å². The molecular weight excluding hydrogens is 180 g/mol. The van der Waals surface area contributed by atoms with Gasteiger partial charge in [-0.05, 0) is 26.3 Å². The first-order valence-electron chi connectivity index (χ1n) is 5.04. The number of nitrogens with zero attached hydrogens (tertiary/aromatic N) is 1.